The molecule has 170 valence electrons. The molecule has 1 unspecified atom stereocenters. The maximum Gasteiger partial charge on any atom is 0.351 e. The molecule has 0 saturated heterocycles. The molecule has 1 aromatic carbocycles. The number of urea groups is 1. The van der Waals surface area contributed by atoms with Crippen LogP contribution in [0, 0.1) is 13.8 Å². The van der Waals surface area contributed by atoms with E-state index in [2.05, 4.69) is 48.1 Å². The predicted molar refractivity (Wildman–Crippen MR) is 128 cm³/mol. The average molecular weight is 427 g/mol. The number of imide groups is 1. The number of rotatable bonds is 11. The van der Waals surface area contributed by atoms with Crippen molar-refractivity contribution >= 4 is 29.1 Å². The van der Waals surface area contributed by atoms with Crippen molar-refractivity contribution in [3.05, 3.63) is 23.3 Å². The Balaban J connectivity index is 1.62. The van der Waals surface area contributed by atoms with Crippen LogP contribution < -0.4 is 10.2 Å². The van der Waals surface area contributed by atoms with Crippen molar-refractivity contribution in [3.63, 3.8) is 0 Å². The maximum atomic E-state index is 12.8. The van der Waals surface area contributed by atoms with Crippen LogP contribution in [0.25, 0.3) is 0 Å². The van der Waals surface area contributed by atoms with Crippen LogP contribution in [0.1, 0.15) is 82.3 Å². The Morgan fingerprint density at radius 1 is 0.903 bits per heavy atom. The van der Waals surface area contributed by atoms with E-state index < -0.39 is 12.1 Å². The lowest BCUT2D eigenvalue weighted by Gasteiger charge is -2.40. The summed E-state index contributed by atoms with van der Waals surface area (Å²) in [6.45, 7) is 7.19. The van der Waals surface area contributed by atoms with Gasteiger partial charge in [0.25, 0.3) is 5.91 Å². The number of hydrogen-bond donors (Lipinski definition) is 1. The summed E-state index contributed by atoms with van der Waals surface area (Å²) in [6, 6.07) is 3.15. The number of hydrogen-bond acceptors (Lipinski definition) is 4. The Hall–Kier alpha value is -2.37. The highest BCUT2D eigenvalue weighted by atomic mass is 16.2. The molecular weight excluding hydrogens is 388 g/mol. The number of benzene rings is 1. The fourth-order valence-electron chi connectivity index (χ4n) is 4.39. The zero-order chi connectivity index (χ0) is 22.4. The van der Waals surface area contributed by atoms with Gasteiger partial charge in [0.2, 0.25) is 0 Å². The first-order valence-electron chi connectivity index (χ1n) is 12.0. The largest absolute Gasteiger partial charge is 0.366 e. The van der Waals surface area contributed by atoms with Crippen molar-refractivity contribution in [1.29, 1.82) is 0 Å². The van der Waals surface area contributed by atoms with Crippen LogP contribution in [0.4, 0.5) is 16.2 Å². The highest BCUT2D eigenvalue weighted by Crippen LogP contribution is 2.36. The van der Waals surface area contributed by atoms with Crippen LogP contribution in [-0.4, -0.2) is 42.3 Å². The van der Waals surface area contributed by atoms with Crippen molar-refractivity contribution < 1.29 is 9.59 Å². The number of aliphatic imine (C=N–C) groups is 1. The molecule has 1 atom stereocenters. The van der Waals surface area contributed by atoms with Gasteiger partial charge < -0.3 is 10.2 Å². The number of likely N-dealkylation sites (N-methyl/N-ethyl adjacent to an activating group) is 1. The van der Waals surface area contributed by atoms with E-state index in [9.17, 15) is 9.59 Å². The van der Waals surface area contributed by atoms with Crippen molar-refractivity contribution in [2.24, 2.45) is 4.99 Å². The highest BCUT2D eigenvalue weighted by molar-refractivity contribution is 6.26. The van der Waals surface area contributed by atoms with Gasteiger partial charge >= 0.3 is 6.03 Å². The summed E-state index contributed by atoms with van der Waals surface area (Å²) in [5, 5.41) is 3.32. The second-order valence-electron chi connectivity index (χ2n) is 9.01. The van der Waals surface area contributed by atoms with E-state index >= 15 is 0 Å². The smallest absolute Gasteiger partial charge is 0.351 e. The number of aryl methyl sites for hydroxylation is 2. The number of amides is 3. The molecule has 6 heteroatoms. The molecule has 2 aliphatic heterocycles. The average Bonchev–Trinajstić information content (AvgIpc) is 2.75. The van der Waals surface area contributed by atoms with Gasteiger partial charge in [0.05, 0.1) is 11.4 Å². The summed E-state index contributed by atoms with van der Waals surface area (Å²) in [6.07, 6.45) is 12.7. The first-order valence-corrected chi connectivity index (χ1v) is 12.0. The molecule has 0 fully saturated rings. The molecule has 0 radical (unpaired) electrons. The fraction of sp³-hybridized carbons (Fsp3) is 0.640. The van der Waals surface area contributed by atoms with Gasteiger partial charge in [0.15, 0.2) is 6.04 Å². The molecule has 1 N–H and O–H groups in total. The minimum atomic E-state index is -0.597. The number of carbonyl (C=O) groups is 2. The molecule has 2 heterocycles. The predicted octanol–water partition coefficient (Wildman–Crippen LogP) is 5.82. The molecule has 3 amide bonds. The molecule has 3 rings (SSSR count). The van der Waals surface area contributed by atoms with E-state index in [4.69, 9.17) is 0 Å². The minimum absolute atomic E-state index is 0.244. The number of nitrogens with zero attached hydrogens (tertiary/aromatic N) is 3. The zero-order valence-electron chi connectivity index (χ0n) is 19.7. The number of anilines is 2. The lowest BCUT2D eigenvalue weighted by Crippen LogP contribution is -2.59. The first kappa shape index (κ1) is 23.3. The van der Waals surface area contributed by atoms with Crippen LogP contribution in [0.2, 0.25) is 0 Å². The summed E-state index contributed by atoms with van der Waals surface area (Å²) in [5.41, 5.74) is 4.32. The molecule has 0 saturated carbocycles. The monoisotopic (exact) mass is 426 g/mol. The van der Waals surface area contributed by atoms with E-state index in [1.165, 1.54) is 69.5 Å². The number of fused-ring (bicyclic) bond motifs is 2. The second-order valence-corrected chi connectivity index (χ2v) is 9.01. The molecule has 1 aromatic rings. The normalized spacial score (nSPS) is 17.9. The Bertz CT molecular complexity index is 833. The van der Waals surface area contributed by atoms with E-state index in [-0.39, 0.29) is 5.91 Å². The van der Waals surface area contributed by atoms with Gasteiger partial charge in [-0.2, -0.15) is 4.99 Å². The second kappa shape index (κ2) is 10.8. The molecule has 2 aliphatic rings. The number of amidine groups is 1. The van der Waals surface area contributed by atoms with Gasteiger partial charge in [-0.1, -0.05) is 64.7 Å². The van der Waals surface area contributed by atoms with E-state index in [0.29, 0.717) is 5.84 Å². The summed E-state index contributed by atoms with van der Waals surface area (Å²) < 4.78 is 0. The van der Waals surface area contributed by atoms with Crippen LogP contribution in [0.5, 0.6) is 0 Å². The van der Waals surface area contributed by atoms with E-state index in [1.54, 1.807) is 0 Å². The van der Waals surface area contributed by atoms with E-state index in [0.717, 1.165) is 35.7 Å². The quantitative estimate of drug-likeness (QED) is 0.453. The summed E-state index contributed by atoms with van der Waals surface area (Å²) in [5.74, 6) is 0.298. The Morgan fingerprint density at radius 2 is 1.48 bits per heavy atom. The Labute approximate surface area is 187 Å². The molecule has 6 nitrogen and oxygen atoms in total. The molecular formula is C25H38N4O2. The number of unbranched alkanes of at least 4 members (excludes halogenated alkanes) is 9. The third kappa shape index (κ3) is 5.46. The van der Waals surface area contributed by atoms with Gasteiger partial charge in [0.1, 0.15) is 5.84 Å². The summed E-state index contributed by atoms with van der Waals surface area (Å²) >= 11 is 0. The third-order valence-corrected chi connectivity index (χ3v) is 6.55. The SMILES string of the molecule is CCCCCCCCCCCCN1C2=NC(=O)N(C)C(=O)C2Nc2cc(C)c(C)cc21. The molecule has 0 spiro atoms. The maximum absolute atomic E-state index is 12.8. The number of nitrogens with one attached hydrogen (secondary N) is 1. The topological polar surface area (TPSA) is 65.0 Å². The van der Waals surface area contributed by atoms with Crippen LogP contribution in [0.15, 0.2) is 17.1 Å². The summed E-state index contributed by atoms with van der Waals surface area (Å²) in [4.78, 5) is 32.5. The minimum Gasteiger partial charge on any atom is -0.366 e. The van der Waals surface area contributed by atoms with E-state index in [1.807, 2.05) is 0 Å². The first-order chi connectivity index (χ1) is 14.9. The molecule has 0 aliphatic carbocycles. The van der Waals surface area contributed by atoms with Crippen molar-refractivity contribution in [2.75, 3.05) is 23.8 Å². The summed E-state index contributed by atoms with van der Waals surface area (Å²) in [7, 11) is 1.50. The fourth-order valence-corrected chi connectivity index (χ4v) is 4.39. The lowest BCUT2D eigenvalue weighted by molar-refractivity contribution is -0.126. The van der Waals surface area contributed by atoms with Crippen LogP contribution in [-0.2, 0) is 4.79 Å². The molecule has 0 bridgehead atoms. The Kier molecular flexibility index (Phi) is 8.10. The van der Waals surface area contributed by atoms with Gasteiger partial charge in [0, 0.05) is 13.6 Å². The van der Waals surface area contributed by atoms with Crippen LogP contribution >= 0.6 is 0 Å². The van der Waals surface area contributed by atoms with Gasteiger partial charge in [-0.25, -0.2) is 4.79 Å². The van der Waals surface area contributed by atoms with Crippen molar-refractivity contribution in [3.8, 4) is 0 Å². The third-order valence-electron chi connectivity index (χ3n) is 6.55. The highest BCUT2D eigenvalue weighted by Gasteiger charge is 2.42. The van der Waals surface area contributed by atoms with Gasteiger partial charge in [-0.05, 0) is 43.5 Å². The Morgan fingerprint density at radius 3 is 2.13 bits per heavy atom. The standard InChI is InChI=1S/C25H38N4O2/c1-5-6-7-8-9-10-11-12-13-14-15-29-21-17-19(3)18(2)16-20(21)26-22-23(29)27-25(31)28(4)24(22)30/h16-17,22,26H,5-15H2,1-4H3. The zero-order valence-corrected chi connectivity index (χ0v) is 19.7. The van der Waals surface area contributed by atoms with Crippen LogP contribution in [0.3, 0.4) is 0 Å². The molecule has 31 heavy (non-hydrogen) atoms. The molecule has 0 aromatic heterocycles. The van der Waals surface area contributed by atoms with Gasteiger partial charge in [-0.3, -0.25) is 9.69 Å². The van der Waals surface area contributed by atoms with Crippen molar-refractivity contribution in [1.82, 2.24) is 4.90 Å². The lowest BCUT2D eigenvalue weighted by atomic mass is 10.0. The number of carbonyl (C=O) groups excluding carboxylic acids is 2. The van der Waals surface area contributed by atoms with Gasteiger partial charge in [-0.15, -0.1) is 0 Å². The van der Waals surface area contributed by atoms with Crippen molar-refractivity contribution in [2.45, 2.75) is 91.0 Å².